The molecule has 0 spiro atoms. The van der Waals surface area contributed by atoms with E-state index < -0.39 is 0 Å². The van der Waals surface area contributed by atoms with Crippen molar-refractivity contribution >= 4 is 24.0 Å². The zero-order valence-corrected chi connectivity index (χ0v) is 12.3. The number of anilines is 1. The van der Waals surface area contributed by atoms with Gasteiger partial charge in [-0.3, -0.25) is 9.89 Å². The van der Waals surface area contributed by atoms with Gasteiger partial charge in [-0.15, -0.1) is 12.4 Å². The van der Waals surface area contributed by atoms with Gasteiger partial charge < -0.3 is 10.6 Å². The molecule has 0 radical (unpaired) electrons. The Hall–Kier alpha value is -1.92. The quantitative estimate of drug-likeness (QED) is 0.760. The number of halogens is 1. The average molecular weight is 308 g/mol. The normalized spacial score (nSPS) is 13.5. The minimum absolute atomic E-state index is 0. The van der Waals surface area contributed by atoms with Crippen LogP contribution in [-0.2, 0) is 4.79 Å². The molecule has 21 heavy (non-hydrogen) atoms. The van der Waals surface area contributed by atoms with Crippen molar-refractivity contribution < 1.29 is 4.79 Å². The summed E-state index contributed by atoms with van der Waals surface area (Å²) in [4.78, 5) is 15.8. The molecule has 1 aliphatic rings. The average Bonchev–Trinajstić information content (AvgIpc) is 3.11. The zero-order valence-electron chi connectivity index (χ0n) is 11.5. The van der Waals surface area contributed by atoms with Crippen LogP contribution in [0, 0.1) is 5.92 Å². The van der Waals surface area contributed by atoms with Crippen LogP contribution in [0.2, 0.25) is 0 Å². The van der Waals surface area contributed by atoms with Crippen molar-refractivity contribution in [3.05, 3.63) is 30.6 Å². The van der Waals surface area contributed by atoms with Crippen molar-refractivity contribution in [1.29, 1.82) is 0 Å². The molecule has 1 aliphatic carbocycles. The number of aromatic nitrogens is 3. The summed E-state index contributed by atoms with van der Waals surface area (Å²) < 4.78 is 0. The number of nitrogens with zero attached hydrogens (tertiary/aromatic N) is 2. The molecule has 1 aromatic carbocycles. The number of aromatic amines is 1. The molecule has 3 rings (SSSR count). The first-order valence-corrected chi connectivity index (χ1v) is 6.77. The predicted molar refractivity (Wildman–Crippen MR) is 83.3 cm³/mol. The van der Waals surface area contributed by atoms with Crippen LogP contribution in [0.4, 0.5) is 5.69 Å². The minimum Gasteiger partial charge on any atom is -0.325 e. The summed E-state index contributed by atoms with van der Waals surface area (Å²) in [7, 11) is 0. The van der Waals surface area contributed by atoms with Gasteiger partial charge in [0.1, 0.15) is 6.33 Å². The molecule has 0 unspecified atom stereocenters. The molecule has 0 aliphatic heterocycles. The van der Waals surface area contributed by atoms with Crippen molar-refractivity contribution in [2.75, 3.05) is 18.4 Å². The molecule has 0 bridgehead atoms. The summed E-state index contributed by atoms with van der Waals surface area (Å²) in [6, 6.07) is 7.51. The summed E-state index contributed by atoms with van der Waals surface area (Å²) in [5, 5.41) is 12.6. The number of amides is 1. The van der Waals surface area contributed by atoms with E-state index in [0.717, 1.165) is 23.7 Å². The Bertz CT molecular complexity index is 566. The lowest BCUT2D eigenvalue weighted by molar-refractivity contribution is -0.115. The monoisotopic (exact) mass is 307 g/mol. The van der Waals surface area contributed by atoms with Gasteiger partial charge in [-0.2, -0.15) is 5.10 Å². The van der Waals surface area contributed by atoms with E-state index in [9.17, 15) is 4.79 Å². The lowest BCUT2D eigenvalue weighted by atomic mass is 10.2. The lowest BCUT2D eigenvalue weighted by Crippen LogP contribution is -2.29. The van der Waals surface area contributed by atoms with Gasteiger partial charge in [-0.25, -0.2) is 4.98 Å². The first-order valence-electron chi connectivity index (χ1n) is 6.77. The fraction of sp³-hybridized carbons (Fsp3) is 0.357. The number of nitrogens with one attached hydrogen (secondary N) is 3. The molecule has 2 aromatic rings. The summed E-state index contributed by atoms with van der Waals surface area (Å²) >= 11 is 0. The highest BCUT2D eigenvalue weighted by Gasteiger charge is 2.20. The fourth-order valence-corrected chi connectivity index (χ4v) is 1.97. The minimum atomic E-state index is -0.0157. The summed E-state index contributed by atoms with van der Waals surface area (Å²) in [5.41, 5.74) is 1.72. The Morgan fingerprint density at radius 3 is 2.67 bits per heavy atom. The highest BCUT2D eigenvalue weighted by molar-refractivity contribution is 5.92. The fourth-order valence-electron chi connectivity index (χ4n) is 1.97. The molecule has 1 saturated carbocycles. The van der Waals surface area contributed by atoms with Crippen LogP contribution in [-0.4, -0.2) is 34.2 Å². The van der Waals surface area contributed by atoms with Crippen LogP contribution in [0.25, 0.3) is 11.4 Å². The van der Waals surface area contributed by atoms with Crippen LogP contribution >= 0.6 is 12.4 Å². The van der Waals surface area contributed by atoms with E-state index >= 15 is 0 Å². The van der Waals surface area contributed by atoms with Crippen LogP contribution < -0.4 is 10.6 Å². The number of carbonyl (C=O) groups excluding carboxylic acids is 1. The molecule has 0 saturated heterocycles. The molecule has 3 N–H and O–H groups in total. The highest BCUT2D eigenvalue weighted by atomic mass is 35.5. The van der Waals surface area contributed by atoms with Crippen LogP contribution in [0.1, 0.15) is 12.8 Å². The molecule has 1 amide bonds. The molecule has 7 heteroatoms. The van der Waals surface area contributed by atoms with Crippen molar-refractivity contribution in [3.63, 3.8) is 0 Å². The number of benzene rings is 1. The van der Waals surface area contributed by atoms with Gasteiger partial charge >= 0.3 is 0 Å². The lowest BCUT2D eigenvalue weighted by Gasteiger charge is -2.06. The molecule has 1 aromatic heterocycles. The molecular weight excluding hydrogens is 290 g/mol. The van der Waals surface area contributed by atoms with E-state index in [2.05, 4.69) is 25.8 Å². The first kappa shape index (κ1) is 15.5. The molecular formula is C14H18ClN5O. The summed E-state index contributed by atoms with van der Waals surface area (Å²) in [5.74, 6) is 1.48. The van der Waals surface area contributed by atoms with Crippen molar-refractivity contribution in [2.45, 2.75) is 12.8 Å². The second kappa shape index (κ2) is 7.19. The van der Waals surface area contributed by atoms with Crippen molar-refractivity contribution in [3.8, 4) is 11.4 Å². The Morgan fingerprint density at radius 2 is 2.05 bits per heavy atom. The highest BCUT2D eigenvalue weighted by Crippen LogP contribution is 2.27. The Morgan fingerprint density at radius 1 is 1.29 bits per heavy atom. The summed E-state index contributed by atoms with van der Waals surface area (Å²) in [6.07, 6.45) is 4.05. The van der Waals surface area contributed by atoms with Crippen LogP contribution in [0.3, 0.4) is 0 Å². The number of carbonyl (C=O) groups is 1. The third-order valence-corrected chi connectivity index (χ3v) is 3.27. The van der Waals surface area contributed by atoms with E-state index in [4.69, 9.17) is 0 Å². The van der Waals surface area contributed by atoms with E-state index in [1.54, 1.807) is 0 Å². The van der Waals surface area contributed by atoms with Crippen molar-refractivity contribution in [2.24, 2.45) is 5.92 Å². The molecule has 1 heterocycles. The second-order valence-electron chi connectivity index (χ2n) is 5.03. The maximum atomic E-state index is 11.7. The number of hydrogen-bond donors (Lipinski definition) is 3. The van der Waals surface area contributed by atoms with Gasteiger partial charge in [-0.1, -0.05) is 0 Å². The van der Waals surface area contributed by atoms with Crippen molar-refractivity contribution in [1.82, 2.24) is 20.5 Å². The molecule has 1 fully saturated rings. The Labute approximate surface area is 129 Å². The summed E-state index contributed by atoms with van der Waals surface area (Å²) in [6.45, 7) is 1.30. The van der Waals surface area contributed by atoms with Crippen LogP contribution in [0.15, 0.2) is 30.6 Å². The second-order valence-corrected chi connectivity index (χ2v) is 5.03. The number of hydrogen-bond acceptors (Lipinski definition) is 4. The zero-order chi connectivity index (χ0) is 13.8. The Balaban J connectivity index is 0.00000161. The van der Waals surface area contributed by atoms with Gasteiger partial charge in [0, 0.05) is 11.3 Å². The van der Waals surface area contributed by atoms with Gasteiger partial charge in [0.15, 0.2) is 5.82 Å². The molecule has 0 atom stereocenters. The van der Waals surface area contributed by atoms with Gasteiger partial charge in [0.2, 0.25) is 5.91 Å². The maximum absolute atomic E-state index is 11.7. The predicted octanol–water partition coefficient (Wildman–Crippen LogP) is 1.83. The van der Waals surface area contributed by atoms with Gasteiger partial charge in [0.25, 0.3) is 0 Å². The SMILES string of the molecule is Cl.O=C(CNCC1CC1)Nc1ccc(-c2ncn[nH]2)cc1. The smallest absolute Gasteiger partial charge is 0.238 e. The van der Waals surface area contributed by atoms with E-state index in [1.807, 2.05) is 24.3 Å². The molecule has 6 nitrogen and oxygen atoms in total. The van der Waals surface area contributed by atoms with Gasteiger partial charge in [-0.05, 0) is 49.6 Å². The van der Waals surface area contributed by atoms with Gasteiger partial charge in [0.05, 0.1) is 6.54 Å². The largest absolute Gasteiger partial charge is 0.325 e. The van der Waals surface area contributed by atoms with E-state index in [1.165, 1.54) is 19.2 Å². The first-order chi connectivity index (χ1) is 9.81. The Kier molecular flexibility index (Phi) is 5.30. The van der Waals surface area contributed by atoms with E-state index in [-0.39, 0.29) is 18.3 Å². The van der Waals surface area contributed by atoms with Crippen LogP contribution in [0.5, 0.6) is 0 Å². The topological polar surface area (TPSA) is 82.7 Å². The number of H-pyrrole nitrogens is 1. The third kappa shape index (κ3) is 4.54. The van der Waals surface area contributed by atoms with E-state index in [0.29, 0.717) is 12.4 Å². The maximum Gasteiger partial charge on any atom is 0.238 e. The third-order valence-electron chi connectivity index (χ3n) is 3.27. The standard InChI is InChI=1S/C14H17N5O.ClH/c20-13(8-15-7-10-1-2-10)18-12-5-3-11(4-6-12)14-16-9-17-19-14;/h3-6,9-10,15H,1-2,7-8H2,(H,18,20)(H,16,17,19);1H. The molecule has 112 valence electrons. The number of rotatable bonds is 6.